The van der Waals surface area contributed by atoms with Crippen LogP contribution in [0.1, 0.15) is 19.8 Å². The van der Waals surface area contributed by atoms with Crippen LogP contribution in [0.25, 0.3) is 0 Å². The first-order valence-corrected chi connectivity index (χ1v) is 3.89. The summed E-state index contributed by atoms with van der Waals surface area (Å²) >= 11 is 0. The maximum atomic E-state index is 2.42. The molecule has 1 saturated heterocycles. The molecule has 2 fully saturated rings. The minimum Gasteiger partial charge on any atom is -0.305 e. The van der Waals surface area contributed by atoms with Crippen molar-refractivity contribution in [2.45, 2.75) is 19.8 Å². The van der Waals surface area contributed by atoms with Crippen molar-refractivity contribution in [1.29, 1.82) is 0 Å². The van der Waals surface area contributed by atoms with Gasteiger partial charge in [-0.05, 0) is 31.2 Å². The molecule has 9 heavy (non-hydrogen) atoms. The summed E-state index contributed by atoms with van der Waals surface area (Å²) in [5.74, 6) is 1.03. The molecule has 0 aromatic rings. The minimum absolute atomic E-state index is 0.814. The van der Waals surface area contributed by atoms with Crippen molar-refractivity contribution in [3.8, 4) is 0 Å². The van der Waals surface area contributed by atoms with Gasteiger partial charge in [-0.15, -0.1) is 0 Å². The Morgan fingerprint density at radius 1 is 1.33 bits per heavy atom. The average molecular weight is 125 g/mol. The molecule has 1 aliphatic carbocycles. The zero-order valence-electron chi connectivity index (χ0n) is 6.35. The van der Waals surface area contributed by atoms with E-state index >= 15 is 0 Å². The number of nitrogens with zero attached hydrogens (tertiary/aromatic N) is 1. The van der Waals surface area contributed by atoms with Crippen molar-refractivity contribution >= 4 is 0 Å². The Morgan fingerprint density at radius 2 is 1.89 bits per heavy atom. The van der Waals surface area contributed by atoms with Gasteiger partial charge in [0.2, 0.25) is 0 Å². The van der Waals surface area contributed by atoms with Crippen molar-refractivity contribution in [2.24, 2.45) is 11.3 Å². The zero-order valence-corrected chi connectivity index (χ0v) is 6.35. The summed E-state index contributed by atoms with van der Waals surface area (Å²) in [4.78, 5) is 2.42. The van der Waals surface area contributed by atoms with Gasteiger partial charge < -0.3 is 4.90 Å². The van der Waals surface area contributed by atoms with E-state index in [1.54, 1.807) is 0 Å². The van der Waals surface area contributed by atoms with E-state index in [1.165, 1.54) is 25.9 Å². The highest BCUT2D eigenvalue weighted by atomic mass is 15.2. The topological polar surface area (TPSA) is 3.24 Å². The van der Waals surface area contributed by atoms with Crippen LogP contribution in [0.15, 0.2) is 0 Å². The minimum atomic E-state index is 0.814. The van der Waals surface area contributed by atoms with Gasteiger partial charge in [0.25, 0.3) is 0 Å². The summed E-state index contributed by atoms with van der Waals surface area (Å²) in [7, 11) is 2.22. The summed E-state index contributed by atoms with van der Waals surface area (Å²) in [6.45, 7) is 5.11. The third-order valence-electron chi connectivity index (χ3n) is 2.77. The van der Waals surface area contributed by atoms with Crippen molar-refractivity contribution in [3.05, 3.63) is 0 Å². The van der Waals surface area contributed by atoms with E-state index < -0.39 is 0 Å². The number of rotatable bonds is 0. The lowest BCUT2D eigenvalue weighted by molar-refractivity contribution is -0.0758. The third-order valence-corrected chi connectivity index (χ3v) is 2.77. The monoisotopic (exact) mass is 125 g/mol. The van der Waals surface area contributed by atoms with Gasteiger partial charge in [0, 0.05) is 13.1 Å². The van der Waals surface area contributed by atoms with Crippen LogP contribution in [0.5, 0.6) is 0 Å². The van der Waals surface area contributed by atoms with Crippen LogP contribution in [0, 0.1) is 11.3 Å². The lowest BCUT2D eigenvalue weighted by Crippen LogP contribution is -2.60. The fourth-order valence-corrected chi connectivity index (χ4v) is 2.78. The number of hydrogen-bond acceptors (Lipinski definition) is 1. The lowest BCUT2D eigenvalue weighted by Gasteiger charge is -2.57. The van der Waals surface area contributed by atoms with Gasteiger partial charge in [0.15, 0.2) is 0 Å². The Bertz CT molecular complexity index is 99.0. The van der Waals surface area contributed by atoms with Crippen LogP contribution in [0.4, 0.5) is 0 Å². The van der Waals surface area contributed by atoms with Crippen molar-refractivity contribution < 1.29 is 0 Å². The summed E-state index contributed by atoms with van der Waals surface area (Å²) in [5.41, 5.74) is 0.814. The fraction of sp³-hybridized carbons (Fsp3) is 1.00. The molecule has 0 atom stereocenters. The first-order valence-electron chi connectivity index (χ1n) is 3.89. The van der Waals surface area contributed by atoms with Crippen LogP contribution in [-0.4, -0.2) is 25.0 Å². The van der Waals surface area contributed by atoms with Gasteiger partial charge in [0.05, 0.1) is 0 Å². The molecule has 0 radical (unpaired) electrons. The molecule has 0 amide bonds. The molecule has 0 aromatic carbocycles. The van der Waals surface area contributed by atoms with Crippen molar-refractivity contribution in [3.63, 3.8) is 0 Å². The first kappa shape index (κ1) is 5.72. The smallest absolute Gasteiger partial charge is 0.00476 e. The standard InChI is InChI=1S/C8H15N/c1-7-3-8(4-7)5-9(2)6-8/h7H,3-6H2,1-2H3. The van der Waals surface area contributed by atoms with Gasteiger partial charge in [-0.3, -0.25) is 0 Å². The fourth-order valence-electron chi connectivity index (χ4n) is 2.78. The Hall–Kier alpha value is -0.0400. The Morgan fingerprint density at radius 3 is 2.22 bits per heavy atom. The predicted octanol–water partition coefficient (Wildman–Crippen LogP) is 1.35. The van der Waals surface area contributed by atoms with E-state index in [9.17, 15) is 0 Å². The van der Waals surface area contributed by atoms with Gasteiger partial charge >= 0.3 is 0 Å². The second kappa shape index (κ2) is 1.51. The molecule has 1 heterocycles. The molecule has 2 rings (SSSR count). The van der Waals surface area contributed by atoms with Gasteiger partial charge in [-0.25, -0.2) is 0 Å². The Kier molecular flexibility index (Phi) is 0.963. The highest BCUT2D eigenvalue weighted by molar-refractivity contribution is 5.01. The molecule has 0 unspecified atom stereocenters. The molecular formula is C8H15N. The van der Waals surface area contributed by atoms with Crippen LogP contribution in [0.3, 0.4) is 0 Å². The van der Waals surface area contributed by atoms with E-state index in [0.717, 1.165) is 11.3 Å². The average Bonchev–Trinajstić information content (AvgIpc) is 1.58. The SMILES string of the molecule is CC1CC2(C1)CN(C)C2. The summed E-state index contributed by atoms with van der Waals surface area (Å²) in [5, 5.41) is 0. The van der Waals surface area contributed by atoms with E-state index in [-0.39, 0.29) is 0 Å². The van der Waals surface area contributed by atoms with E-state index in [1.807, 2.05) is 0 Å². The zero-order chi connectivity index (χ0) is 6.48. The van der Waals surface area contributed by atoms with E-state index in [4.69, 9.17) is 0 Å². The van der Waals surface area contributed by atoms with Crippen molar-refractivity contribution in [1.82, 2.24) is 4.90 Å². The molecule has 1 nitrogen and oxygen atoms in total. The molecular weight excluding hydrogens is 110 g/mol. The quantitative estimate of drug-likeness (QED) is 0.472. The largest absolute Gasteiger partial charge is 0.305 e. The predicted molar refractivity (Wildman–Crippen MR) is 38.3 cm³/mol. The molecule has 1 heteroatoms. The normalized spacial score (nSPS) is 34.0. The molecule has 1 saturated carbocycles. The van der Waals surface area contributed by atoms with Gasteiger partial charge in [-0.1, -0.05) is 6.92 Å². The molecule has 0 N–H and O–H groups in total. The summed E-state index contributed by atoms with van der Waals surface area (Å²) in [6, 6.07) is 0. The molecule has 2 aliphatic rings. The Balaban J connectivity index is 1.87. The summed E-state index contributed by atoms with van der Waals surface area (Å²) < 4.78 is 0. The van der Waals surface area contributed by atoms with E-state index in [0.29, 0.717) is 0 Å². The molecule has 0 bridgehead atoms. The van der Waals surface area contributed by atoms with Crippen LogP contribution in [0.2, 0.25) is 0 Å². The van der Waals surface area contributed by atoms with Gasteiger partial charge in [0.1, 0.15) is 0 Å². The van der Waals surface area contributed by atoms with E-state index in [2.05, 4.69) is 18.9 Å². The molecule has 1 spiro atoms. The second-order valence-corrected chi connectivity index (χ2v) is 4.19. The molecule has 1 aliphatic heterocycles. The number of likely N-dealkylation sites (tertiary alicyclic amines) is 1. The summed E-state index contributed by atoms with van der Waals surface area (Å²) in [6.07, 6.45) is 2.99. The highest BCUT2D eigenvalue weighted by Crippen LogP contribution is 2.50. The molecule has 0 aromatic heterocycles. The van der Waals surface area contributed by atoms with Gasteiger partial charge in [-0.2, -0.15) is 0 Å². The van der Waals surface area contributed by atoms with Crippen molar-refractivity contribution in [2.75, 3.05) is 20.1 Å². The lowest BCUT2D eigenvalue weighted by atomic mass is 9.58. The first-order chi connectivity index (χ1) is 4.20. The Labute approximate surface area is 57.0 Å². The van der Waals surface area contributed by atoms with Crippen LogP contribution in [-0.2, 0) is 0 Å². The highest BCUT2D eigenvalue weighted by Gasteiger charge is 2.48. The maximum Gasteiger partial charge on any atom is 0.00476 e. The van der Waals surface area contributed by atoms with Crippen LogP contribution < -0.4 is 0 Å². The third kappa shape index (κ3) is 0.710. The van der Waals surface area contributed by atoms with Crippen LogP contribution >= 0.6 is 0 Å². The second-order valence-electron chi connectivity index (χ2n) is 4.19. The number of hydrogen-bond donors (Lipinski definition) is 0. The molecule has 52 valence electrons. The maximum absolute atomic E-state index is 2.42.